The number of carbonyl (C=O) groups excluding carboxylic acids is 2. The summed E-state index contributed by atoms with van der Waals surface area (Å²) in [7, 11) is 0. The van der Waals surface area contributed by atoms with Crippen LogP contribution in [0.4, 0.5) is 0 Å². The van der Waals surface area contributed by atoms with Crippen LogP contribution in [0.25, 0.3) is 0 Å². The fraction of sp³-hybridized carbons (Fsp3) is 0. The summed E-state index contributed by atoms with van der Waals surface area (Å²) in [4.78, 5) is 20.1. The van der Waals surface area contributed by atoms with Gasteiger partial charge in [-0.3, -0.25) is 9.59 Å². The van der Waals surface area contributed by atoms with Gasteiger partial charge in [0, 0.05) is 5.10 Å². The van der Waals surface area contributed by atoms with Gasteiger partial charge in [0.1, 0.15) is 0 Å². The van der Waals surface area contributed by atoms with Gasteiger partial charge in [-0.25, -0.2) is 0 Å². The molecule has 0 aromatic carbocycles. The second kappa shape index (κ2) is 1.73. The third-order valence-electron chi connectivity index (χ3n) is 0.661. The second-order valence-corrected chi connectivity index (χ2v) is 1.27. The first-order valence-electron chi connectivity index (χ1n) is 2.01. The lowest BCUT2D eigenvalue weighted by molar-refractivity contribution is -0.529. The maximum Gasteiger partial charge on any atom is 0.384 e. The lowest BCUT2D eigenvalue weighted by atomic mass is 10.4. The third kappa shape index (κ3) is 0.958. The molecule has 0 saturated heterocycles. The van der Waals surface area contributed by atoms with E-state index in [9.17, 15) is 14.8 Å². The number of Topliss-reactive ketones (excluding diaryl/α,β-unsaturated/α-hetero) is 1. The Morgan fingerprint density at radius 2 is 2.22 bits per heavy atom. The van der Waals surface area contributed by atoms with Crippen LogP contribution in [-0.2, 0) is 9.59 Å². The summed E-state index contributed by atoms with van der Waals surface area (Å²) >= 11 is 0. The summed E-state index contributed by atoms with van der Waals surface area (Å²) in [6, 6.07) is 0. The Balaban J connectivity index is 2.95. The number of amides is 1. The molecule has 0 radical (unpaired) electrons. The van der Waals surface area contributed by atoms with Crippen LogP contribution in [0.3, 0.4) is 0 Å². The van der Waals surface area contributed by atoms with Crippen LogP contribution in [0, 0.1) is 5.21 Å². The Morgan fingerprint density at radius 3 is 2.67 bits per heavy atom. The molecule has 0 saturated carbocycles. The standard InChI is InChI=1S/C3HN3O3/c7-2-1-4-6(9)5-3(2)8/h1H. The van der Waals surface area contributed by atoms with Crippen molar-refractivity contribution in [2.24, 2.45) is 10.2 Å². The van der Waals surface area contributed by atoms with Crippen molar-refractivity contribution in [1.29, 1.82) is 0 Å². The summed E-state index contributed by atoms with van der Waals surface area (Å²) in [6.07, 6.45) is 0.627. The largest absolute Gasteiger partial charge is 0.569 e. The number of ketones is 1. The van der Waals surface area contributed by atoms with Gasteiger partial charge in [0.2, 0.25) is 0 Å². The number of nitrogens with zero attached hydrogens (tertiary/aromatic N) is 3. The van der Waals surface area contributed by atoms with E-state index >= 15 is 0 Å². The van der Waals surface area contributed by atoms with Gasteiger partial charge in [-0.05, 0) is 0 Å². The fourth-order valence-electron chi connectivity index (χ4n) is 0.310. The van der Waals surface area contributed by atoms with Crippen LogP contribution < -0.4 is 0 Å². The first kappa shape index (κ1) is 5.54. The van der Waals surface area contributed by atoms with Gasteiger partial charge < -0.3 is 5.21 Å². The first-order chi connectivity index (χ1) is 4.20. The highest BCUT2D eigenvalue weighted by atomic mass is 16.5. The molecular weight excluding hydrogens is 126 g/mol. The predicted molar refractivity (Wildman–Crippen MR) is 24.6 cm³/mol. The molecule has 0 fully saturated rings. The highest BCUT2D eigenvalue weighted by Gasteiger charge is 2.19. The minimum Gasteiger partial charge on any atom is -0.569 e. The van der Waals surface area contributed by atoms with E-state index in [0.29, 0.717) is 6.21 Å². The summed E-state index contributed by atoms with van der Waals surface area (Å²) in [5.74, 6) is -1.96. The Hall–Kier alpha value is -1.59. The SMILES string of the molecule is O=C1C=N[N+]([O-])=NC1=O. The second-order valence-electron chi connectivity index (χ2n) is 1.27. The predicted octanol–water partition coefficient (Wildman–Crippen LogP) is -0.956. The van der Waals surface area contributed by atoms with Gasteiger partial charge in [-0.1, -0.05) is 0 Å². The molecular formula is C3HN3O3. The topological polar surface area (TPSA) is 84.9 Å². The number of rotatable bonds is 0. The molecule has 1 heterocycles. The van der Waals surface area contributed by atoms with Crippen LogP contribution >= 0.6 is 0 Å². The highest BCUT2D eigenvalue weighted by molar-refractivity contribution is 6.58. The van der Waals surface area contributed by atoms with E-state index in [4.69, 9.17) is 0 Å². The van der Waals surface area contributed by atoms with Crippen molar-refractivity contribution in [3.8, 4) is 0 Å². The normalized spacial score (nSPS) is 18.0. The van der Waals surface area contributed by atoms with Crippen LogP contribution in [-0.4, -0.2) is 22.9 Å². The van der Waals surface area contributed by atoms with Gasteiger partial charge in [0.25, 0.3) is 5.78 Å². The van der Waals surface area contributed by atoms with Crippen molar-refractivity contribution in [2.75, 3.05) is 0 Å². The molecule has 0 spiro atoms. The molecule has 0 aromatic rings. The van der Waals surface area contributed by atoms with E-state index in [1.807, 2.05) is 0 Å². The molecule has 0 aromatic heterocycles. The van der Waals surface area contributed by atoms with E-state index in [0.717, 1.165) is 0 Å². The molecule has 1 aliphatic heterocycles. The van der Waals surface area contributed by atoms with Gasteiger partial charge in [0.05, 0.1) is 10.1 Å². The minimum absolute atomic E-state index is 0.205. The van der Waals surface area contributed by atoms with E-state index in [-0.39, 0.29) is 4.97 Å². The average molecular weight is 127 g/mol. The summed E-state index contributed by atoms with van der Waals surface area (Å²) in [6.45, 7) is 0. The van der Waals surface area contributed by atoms with Crippen molar-refractivity contribution < 1.29 is 14.6 Å². The first-order valence-corrected chi connectivity index (χ1v) is 2.01. The van der Waals surface area contributed by atoms with Crippen molar-refractivity contribution in [1.82, 2.24) is 0 Å². The maximum atomic E-state index is 10.2. The molecule has 1 aliphatic rings. The summed E-state index contributed by atoms with van der Waals surface area (Å²) in [5.41, 5.74) is 0. The smallest absolute Gasteiger partial charge is 0.384 e. The monoisotopic (exact) mass is 127 g/mol. The fourth-order valence-corrected chi connectivity index (χ4v) is 0.310. The molecule has 0 aliphatic carbocycles. The maximum absolute atomic E-state index is 10.2. The number of hydrazone groups is 1. The van der Waals surface area contributed by atoms with Crippen molar-refractivity contribution in [3.63, 3.8) is 0 Å². The van der Waals surface area contributed by atoms with E-state index in [2.05, 4.69) is 10.2 Å². The van der Waals surface area contributed by atoms with Crippen molar-refractivity contribution >= 4 is 17.9 Å². The lowest BCUT2D eigenvalue weighted by Gasteiger charge is -1.90. The molecule has 0 atom stereocenters. The number of hydrogen-bond acceptors (Lipinski definition) is 4. The lowest BCUT2D eigenvalue weighted by Crippen LogP contribution is -2.19. The zero-order chi connectivity index (χ0) is 6.85. The zero-order valence-electron chi connectivity index (χ0n) is 4.14. The minimum atomic E-state index is -1.08. The molecule has 6 heteroatoms. The number of carbonyl (C=O) groups is 2. The molecule has 0 N–H and O–H groups in total. The Kier molecular flexibility index (Phi) is 1.07. The van der Waals surface area contributed by atoms with Gasteiger partial charge in [0.15, 0.2) is 6.21 Å². The highest BCUT2D eigenvalue weighted by Crippen LogP contribution is 1.87. The Morgan fingerprint density at radius 1 is 1.56 bits per heavy atom. The van der Waals surface area contributed by atoms with E-state index in [1.54, 1.807) is 0 Å². The zero-order valence-corrected chi connectivity index (χ0v) is 4.14. The molecule has 1 amide bonds. The van der Waals surface area contributed by atoms with Crippen LogP contribution in [0.5, 0.6) is 0 Å². The van der Waals surface area contributed by atoms with E-state index in [1.165, 1.54) is 0 Å². The molecule has 9 heavy (non-hydrogen) atoms. The van der Waals surface area contributed by atoms with Gasteiger partial charge >= 0.3 is 5.91 Å². The van der Waals surface area contributed by atoms with Crippen LogP contribution in [0.1, 0.15) is 0 Å². The molecule has 1 rings (SSSR count). The summed E-state index contributed by atoms with van der Waals surface area (Å²) < 4.78 is 0. The third-order valence-corrected chi connectivity index (χ3v) is 0.661. The molecule has 0 unspecified atom stereocenters. The van der Waals surface area contributed by atoms with E-state index < -0.39 is 11.7 Å². The number of hydrogen-bond donors (Lipinski definition) is 0. The Labute approximate surface area is 49.1 Å². The molecule has 46 valence electrons. The van der Waals surface area contributed by atoms with Gasteiger partial charge in [-0.15, -0.1) is 0 Å². The molecule has 6 nitrogen and oxygen atoms in total. The summed E-state index contributed by atoms with van der Waals surface area (Å²) in [5, 5.41) is 15.5. The van der Waals surface area contributed by atoms with Crippen molar-refractivity contribution in [3.05, 3.63) is 5.21 Å². The molecule has 0 bridgehead atoms. The van der Waals surface area contributed by atoms with Gasteiger partial charge in [-0.2, -0.15) is 0 Å². The average Bonchev–Trinajstić information content (AvgIpc) is 1.80. The van der Waals surface area contributed by atoms with Crippen molar-refractivity contribution in [2.45, 2.75) is 0 Å². The van der Waals surface area contributed by atoms with Crippen LogP contribution in [0.2, 0.25) is 0 Å². The van der Waals surface area contributed by atoms with Crippen LogP contribution in [0.15, 0.2) is 10.2 Å². The quantitative estimate of drug-likeness (QED) is 0.238. The Bertz CT molecular complexity index is 228.